The summed E-state index contributed by atoms with van der Waals surface area (Å²) in [6.45, 7) is 0. The lowest BCUT2D eigenvalue weighted by Crippen LogP contribution is -1.92. The van der Waals surface area contributed by atoms with Gasteiger partial charge in [0.1, 0.15) is 0 Å². The second kappa shape index (κ2) is 4.84. The Morgan fingerprint density at radius 2 is 2.12 bits per heavy atom. The van der Waals surface area contributed by atoms with Gasteiger partial charge < -0.3 is 5.11 Å². The molecule has 0 bridgehead atoms. The van der Waals surface area contributed by atoms with Gasteiger partial charge in [0.15, 0.2) is 0 Å². The van der Waals surface area contributed by atoms with Crippen LogP contribution in [0.5, 0.6) is 0 Å². The van der Waals surface area contributed by atoms with Crippen LogP contribution in [0.2, 0.25) is 6.04 Å². The summed E-state index contributed by atoms with van der Waals surface area (Å²) in [6, 6.07) is 1.23. The van der Waals surface area contributed by atoms with Crippen LogP contribution in [-0.4, -0.2) is 21.3 Å². The molecule has 1 N–H and O–H groups in total. The summed E-state index contributed by atoms with van der Waals surface area (Å²) in [5, 5.41) is 8.15. The van der Waals surface area contributed by atoms with Crippen LogP contribution >= 0.6 is 0 Å². The van der Waals surface area contributed by atoms with Gasteiger partial charge in [-0.15, -0.1) is 0 Å². The fourth-order valence-corrected chi connectivity index (χ4v) is 1.03. The second-order valence-electron chi connectivity index (χ2n) is 1.85. The fourth-order valence-electron chi connectivity index (χ4n) is 0.526. The lowest BCUT2D eigenvalue weighted by Gasteiger charge is -1.89. The number of carboxylic acids is 1. The van der Waals surface area contributed by atoms with E-state index < -0.39 is 5.97 Å². The predicted molar refractivity (Wildman–Crippen MR) is 36.2 cm³/mol. The molecule has 0 amide bonds. The number of hydrogen-bond acceptors (Lipinski definition) is 1. The van der Waals surface area contributed by atoms with E-state index in [1.54, 1.807) is 0 Å². The van der Waals surface area contributed by atoms with Crippen LogP contribution in [0.4, 0.5) is 0 Å². The summed E-state index contributed by atoms with van der Waals surface area (Å²) >= 11 is 0. The van der Waals surface area contributed by atoms with Gasteiger partial charge in [0.05, 0.1) is 0 Å². The molecule has 3 heteroatoms. The van der Waals surface area contributed by atoms with Gasteiger partial charge in [0.25, 0.3) is 0 Å². The molecule has 0 fully saturated rings. The standard InChI is InChI=1S/C5H12O2Si/c6-5(7)3-1-2-4-8/h1-4H2,8H3,(H,6,7). The minimum absolute atomic E-state index is 0.349. The summed E-state index contributed by atoms with van der Waals surface area (Å²) < 4.78 is 0. The van der Waals surface area contributed by atoms with Crippen LogP contribution in [0.3, 0.4) is 0 Å². The molecule has 0 spiro atoms. The molecule has 0 rings (SSSR count). The Balaban J connectivity index is 2.82. The van der Waals surface area contributed by atoms with Crippen molar-refractivity contribution >= 4 is 16.2 Å². The monoisotopic (exact) mass is 132 g/mol. The van der Waals surface area contributed by atoms with E-state index in [1.165, 1.54) is 16.3 Å². The molecule has 0 atom stereocenters. The third-order valence-electron chi connectivity index (χ3n) is 0.994. The largest absolute Gasteiger partial charge is 0.481 e. The lowest BCUT2D eigenvalue weighted by atomic mass is 10.2. The number of rotatable bonds is 4. The van der Waals surface area contributed by atoms with Crippen molar-refractivity contribution in [3.63, 3.8) is 0 Å². The zero-order chi connectivity index (χ0) is 6.41. The van der Waals surface area contributed by atoms with E-state index in [2.05, 4.69) is 0 Å². The van der Waals surface area contributed by atoms with Gasteiger partial charge in [-0.1, -0.05) is 12.5 Å². The molecule has 0 aliphatic heterocycles. The van der Waals surface area contributed by atoms with E-state index >= 15 is 0 Å². The molecule has 0 unspecified atom stereocenters. The van der Waals surface area contributed by atoms with Gasteiger partial charge in [-0.25, -0.2) is 0 Å². The van der Waals surface area contributed by atoms with E-state index in [0.29, 0.717) is 6.42 Å². The highest BCUT2D eigenvalue weighted by Crippen LogP contribution is 1.96. The number of carboxylic acid groups (broad SMARTS) is 1. The normalized spacial score (nSPS) is 9.50. The van der Waals surface area contributed by atoms with Crippen LogP contribution in [0, 0.1) is 0 Å². The van der Waals surface area contributed by atoms with Crippen molar-refractivity contribution in [2.75, 3.05) is 0 Å². The van der Waals surface area contributed by atoms with E-state index in [4.69, 9.17) is 5.11 Å². The van der Waals surface area contributed by atoms with Gasteiger partial charge in [0.2, 0.25) is 0 Å². The molecule has 0 aromatic rings. The average molecular weight is 132 g/mol. The van der Waals surface area contributed by atoms with Gasteiger partial charge in [-0.2, -0.15) is 0 Å². The highest BCUT2D eigenvalue weighted by molar-refractivity contribution is 6.08. The van der Waals surface area contributed by atoms with Crippen LogP contribution in [0.25, 0.3) is 0 Å². The Kier molecular flexibility index (Phi) is 4.65. The maximum atomic E-state index is 9.89. The Morgan fingerprint density at radius 3 is 2.50 bits per heavy atom. The minimum atomic E-state index is -0.667. The zero-order valence-electron chi connectivity index (χ0n) is 5.18. The summed E-state index contributed by atoms with van der Waals surface area (Å²) in [7, 11) is 1.21. The summed E-state index contributed by atoms with van der Waals surface area (Å²) in [5.41, 5.74) is 0. The van der Waals surface area contributed by atoms with Crippen LogP contribution in [-0.2, 0) is 4.79 Å². The Morgan fingerprint density at radius 1 is 1.50 bits per heavy atom. The summed E-state index contributed by atoms with van der Waals surface area (Å²) in [4.78, 5) is 9.89. The van der Waals surface area contributed by atoms with E-state index in [1.807, 2.05) is 0 Å². The molecule has 48 valence electrons. The lowest BCUT2D eigenvalue weighted by molar-refractivity contribution is -0.137. The van der Waals surface area contributed by atoms with E-state index in [9.17, 15) is 4.79 Å². The van der Waals surface area contributed by atoms with Crippen LogP contribution in [0.15, 0.2) is 0 Å². The molecule has 0 radical (unpaired) electrons. The van der Waals surface area contributed by atoms with Gasteiger partial charge in [0, 0.05) is 16.7 Å². The van der Waals surface area contributed by atoms with Crippen molar-refractivity contribution in [2.24, 2.45) is 0 Å². The molecular formula is C5H12O2Si. The van der Waals surface area contributed by atoms with Crippen molar-refractivity contribution in [1.29, 1.82) is 0 Å². The fraction of sp³-hybridized carbons (Fsp3) is 0.800. The zero-order valence-corrected chi connectivity index (χ0v) is 7.18. The second-order valence-corrected chi connectivity index (χ2v) is 2.85. The average Bonchev–Trinajstić information content (AvgIpc) is 1.66. The Bertz CT molecular complexity index is 72.8. The van der Waals surface area contributed by atoms with Gasteiger partial charge in [-0.05, 0) is 6.42 Å². The molecule has 0 saturated carbocycles. The number of carbonyl (C=O) groups is 1. The molecule has 0 saturated heterocycles. The van der Waals surface area contributed by atoms with Gasteiger partial charge >= 0.3 is 5.97 Å². The van der Waals surface area contributed by atoms with Crippen LogP contribution < -0.4 is 0 Å². The molecule has 0 aromatic carbocycles. The summed E-state index contributed by atoms with van der Waals surface area (Å²) in [6.07, 6.45) is 2.31. The summed E-state index contributed by atoms with van der Waals surface area (Å²) in [5.74, 6) is -0.667. The molecule has 0 aliphatic carbocycles. The first-order valence-corrected chi connectivity index (χ1v) is 4.40. The highest BCUT2D eigenvalue weighted by atomic mass is 28.1. The molecule has 0 aliphatic rings. The van der Waals surface area contributed by atoms with Gasteiger partial charge in [-0.3, -0.25) is 4.79 Å². The molecule has 0 heterocycles. The topological polar surface area (TPSA) is 37.3 Å². The van der Waals surface area contributed by atoms with Crippen molar-refractivity contribution in [2.45, 2.75) is 25.3 Å². The first-order chi connectivity index (χ1) is 3.77. The van der Waals surface area contributed by atoms with Crippen molar-refractivity contribution < 1.29 is 9.90 Å². The number of hydrogen-bond donors (Lipinski definition) is 1. The van der Waals surface area contributed by atoms with Crippen molar-refractivity contribution in [3.8, 4) is 0 Å². The van der Waals surface area contributed by atoms with E-state index in [-0.39, 0.29) is 0 Å². The predicted octanol–water partition coefficient (Wildman–Crippen LogP) is 0.0250. The number of aliphatic carboxylic acids is 1. The smallest absolute Gasteiger partial charge is 0.303 e. The molecular weight excluding hydrogens is 120 g/mol. The third kappa shape index (κ3) is 5.69. The Hall–Kier alpha value is -0.313. The maximum absolute atomic E-state index is 9.89. The molecule has 8 heavy (non-hydrogen) atoms. The Labute approximate surface area is 52.3 Å². The van der Waals surface area contributed by atoms with Crippen LogP contribution in [0.1, 0.15) is 19.3 Å². The SMILES string of the molecule is O=C(O)CCCC[SiH3]. The third-order valence-corrected chi connectivity index (χ3v) is 1.70. The van der Waals surface area contributed by atoms with Crippen molar-refractivity contribution in [3.05, 3.63) is 0 Å². The molecule has 0 aromatic heterocycles. The van der Waals surface area contributed by atoms with Crippen molar-refractivity contribution in [1.82, 2.24) is 0 Å². The first-order valence-electron chi connectivity index (χ1n) is 2.99. The number of unbranched alkanes of at least 4 members (excludes halogenated alkanes) is 1. The first kappa shape index (κ1) is 7.69. The molecule has 2 nitrogen and oxygen atoms in total. The quantitative estimate of drug-likeness (QED) is 0.432. The van der Waals surface area contributed by atoms with E-state index in [0.717, 1.165) is 12.8 Å². The minimum Gasteiger partial charge on any atom is -0.481 e. The highest BCUT2D eigenvalue weighted by Gasteiger charge is 1.92. The maximum Gasteiger partial charge on any atom is 0.303 e.